The highest BCUT2D eigenvalue weighted by atomic mass is 79.9. The summed E-state index contributed by atoms with van der Waals surface area (Å²) in [6.45, 7) is 0. The van der Waals surface area contributed by atoms with Crippen molar-refractivity contribution in [3.63, 3.8) is 0 Å². The number of hydrogen-bond donors (Lipinski definition) is 2. The zero-order valence-electron chi connectivity index (χ0n) is 9.06. The van der Waals surface area contributed by atoms with Crippen LogP contribution in [0, 0.1) is 11.3 Å². The summed E-state index contributed by atoms with van der Waals surface area (Å²) < 4.78 is 0. The summed E-state index contributed by atoms with van der Waals surface area (Å²) in [6.07, 6.45) is -0.0735. The fourth-order valence-electron chi connectivity index (χ4n) is 1.54. The Morgan fingerprint density at radius 3 is 2.76 bits per heavy atom. The van der Waals surface area contributed by atoms with Crippen molar-refractivity contribution in [2.45, 2.75) is 18.9 Å². The summed E-state index contributed by atoms with van der Waals surface area (Å²) in [5.41, 5.74) is 1.42. The molecule has 0 saturated heterocycles. The minimum Gasteiger partial charge on any atom is -0.479 e. The van der Waals surface area contributed by atoms with E-state index in [9.17, 15) is 9.90 Å². The Kier molecular flexibility index (Phi) is 5.13. The maximum absolute atomic E-state index is 10.8. The lowest BCUT2D eigenvalue weighted by molar-refractivity contribution is -0.147. The topological polar surface area (TPSA) is 81.3 Å². The summed E-state index contributed by atoms with van der Waals surface area (Å²) in [6, 6.07) is 6.69. The Labute approximate surface area is 108 Å². The molecule has 0 aromatic heterocycles. The average Bonchev–Trinajstić information content (AvgIpc) is 2.35. The van der Waals surface area contributed by atoms with Crippen LogP contribution in [0.2, 0.25) is 0 Å². The Bertz CT molecular complexity index is 454. The van der Waals surface area contributed by atoms with Gasteiger partial charge in [-0.25, -0.2) is 4.79 Å². The van der Waals surface area contributed by atoms with Gasteiger partial charge in [0.15, 0.2) is 6.10 Å². The second-order valence-electron chi connectivity index (χ2n) is 3.56. The van der Waals surface area contributed by atoms with Crippen molar-refractivity contribution in [2.75, 3.05) is 5.33 Å². The number of carboxylic acid groups (broad SMARTS) is 1. The van der Waals surface area contributed by atoms with Gasteiger partial charge in [-0.05, 0) is 36.1 Å². The van der Waals surface area contributed by atoms with Crippen LogP contribution in [0.5, 0.6) is 0 Å². The molecule has 1 rings (SSSR count). The van der Waals surface area contributed by atoms with Gasteiger partial charge in [-0.1, -0.05) is 22.0 Å². The molecule has 1 unspecified atom stereocenters. The molecule has 0 saturated carbocycles. The van der Waals surface area contributed by atoms with Gasteiger partial charge in [-0.15, -0.1) is 0 Å². The third-order valence-electron chi connectivity index (χ3n) is 2.38. The van der Waals surface area contributed by atoms with Crippen molar-refractivity contribution in [3.8, 4) is 6.07 Å². The van der Waals surface area contributed by atoms with E-state index >= 15 is 0 Å². The highest BCUT2D eigenvalue weighted by Crippen LogP contribution is 2.21. The molecule has 0 aliphatic carbocycles. The van der Waals surface area contributed by atoms with E-state index in [-0.39, 0.29) is 0 Å². The van der Waals surface area contributed by atoms with Gasteiger partial charge in [-0.2, -0.15) is 5.26 Å². The van der Waals surface area contributed by atoms with Gasteiger partial charge in [0.25, 0.3) is 0 Å². The summed E-state index contributed by atoms with van der Waals surface area (Å²) >= 11 is 3.29. The van der Waals surface area contributed by atoms with Crippen molar-refractivity contribution in [2.24, 2.45) is 0 Å². The lowest BCUT2D eigenvalue weighted by Crippen LogP contribution is -2.13. The highest BCUT2D eigenvalue weighted by Gasteiger charge is 2.19. The first-order valence-corrected chi connectivity index (χ1v) is 6.22. The molecule has 0 bridgehead atoms. The molecule has 17 heavy (non-hydrogen) atoms. The molecule has 0 spiro atoms. The van der Waals surface area contributed by atoms with Crippen LogP contribution < -0.4 is 0 Å². The normalized spacial score (nSPS) is 11.8. The first kappa shape index (κ1) is 13.7. The fraction of sp³-hybridized carbons (Fsp3) is 0.333. The Morgan fingerprint density at radius 2 is 2.24 bits per heavy atom. The summed E-state index contributed by atoms with van der Waals surface area (Å²) in [4.78, 5) is 10.8. The molecule has 4 nitrogen and oxygen atoms in total. The molecule has 0 amide bonds. The number of nitriles is 1. The number of halogens is 1. The van der Waals surface area contributed by atoms with Gasteiger partial charge in [0, 0.05) is 5.33 Å². The van der Waals surface area contributed by atoms with Crippen LogP contribution in [0.3, 0.4) is 0 Å². The Morgan fingerprint density at radius 1 is 1.53 bits per heavy atom. The predicted octanol–water partition coefficient (Wildman–Crippen LogP) is 2.00. The highest BCUT2D eigenvalue weighted by molar-refractivity contribution is 9.09. The second kappa shape index (κ2) is 6.38. The smallest absolute Gasteiger partial charge is 0.337 e. The molecule has 0 fully saturated rings. The van der Waals surface area contributed by atoms with Crippen LogP contribution in [0.1, 0.15) is 29.2 Å². The summed E-state index contributed by atoms with van der Waals surface area (Å²) in [5, 5.41) is 27.9. The number of aliphatic carboxylic acids is 1. The number of benzene rings is 1. The van der Waals surface area contributed by atoms with E-state index in [1.165, 1.54) is 6.07 Å². The van der Waals surface area contributed by atoms with Gasteiger partial charge >= 0.3 is 5.97 Å². The first-order chi connectivity index (χ1) is 8.10. The zero-order valence-corrected chi connectivity index (χ0v) is 10.6. The van der Waals surface area contributed by atoms with Gasteiger partial charge in [0.1, 0.15) is 0 Å². The summed E-state index contributed by atoms with van der Waals surface area (Å²) in [7, 11) is 0. The molecule has 5 heteroatoms. The van der Waals surface area contributed by atoms with Gasteiger partial charge < -0.3 is 10.2 Å². The monoisotopic (exact) mass is 297 g/mol. The number of hydrogen-bond acceptors (Lipinski definition) is 3. The average molecular weight is 298 g/mol. The number of aryl methyl sites for hydroxylation is 1. The molecule has 90 valence electrons. The molecule has 2 N–H and O–H groups in total. The van der Waals surface area contributed by atoms with Crippen molar-refractivity contribution in [1.82, 2.24) is 0 Å². The van der Waals surface area contributed by atoms with Gasteiger partial charge in [0.05, 0.1) is 11.6 Å². The fourth-order valence-corrected chi connectivity index (χ4v) is 1.82. The van der Waals surface area contributed by atoms with Gasteiger partial charge in [0.2, 0.25) is 0 Å². The number of carboxylic acids is 1. The van der Waals surface area contributed by atoms with E-state index < -0.39 is 12.1 Å². The van der Waals surface area contributed by atoms with Crippen molar-refractivity contribution >= 4 is 21.9 Å². The maximum Gasteiger partial charge on any atom is 0.337 e. The third-order valence-corrected chi connectivity index (χ3v) is 2.94. The number of carbonyl (C=O) groups is 1. The molecule has 0 radical (unpaired) electrons. The standard InChI is InChI=1S/C12H12BrNO3/c13-5-1-2-9-4-3-8(7-14)6-10(9)11(15)12(16)17/h3-4,6,11,15H,1-2,5H2,(H,16,17). The van der Waals surface area contributed by atoms with Crippen LogP contribution >= 0.6 is 15.9 Å². The molecule has 0 heterocycles. The molecular weight excluding hydrogens is 286 g/mol. The number of aliphatic hydroxyl groups is 1. The number of rotatable bonds is 5. The van der Waals surface area contributed by atoms with E-state index in [0.29, 0.717) is 17.5 Å². The minimum atomic E-state index is -1.58. The van der Waals surface area contributed by atoms with E-state index in [0.717, 1.165) is 17.3 Å². The van der Waals surface area contributed by atoms with E-state index in [4.69, 9.17) is 10.4 Å². The molecule has 1 aromatic carbocycles. The minimum absolute atomic E-state index is 0.303. The van der Waals surface area contributed by atoms with E-state index in [1.807, 2.05) is 6.07 Å². The lowest BCUT2D eigenvalue weighted by atomic mass is 9.97. The van der Waals surface area contributed by atoms with Crippen LogP contribution in [0.4, 0.5) is 0 Å². The first-order valence-electron chi connectivity index (χ1n) is 5.10. The molecule has 1 atom stereocenters. The van der Waals surface area contributed by atoms with Crippen LogP contribution in [0.25, 0.3) is 0 Å². The zero-order chi connectivity index (χ0) is 12.8. The number of nitrogens with zero attached hydrogens (tertiary/aromatic N) is 1. The van der Waals surface area contributed by atoms with Crippen LogP contribution in [0.15, 0.2) is 18.2 Å². The molecule has 0 aliphatic heterocycles. The lowest BCUT2D eigenvalue weighted by Gasteiger charge is -2.12. The van der Waals surface area contributed by atoms with Crippen molar-refractivity contribution in [1.29, 1.82) is 5.26 Å². The van der Waals surface area contributed by atoms with Crippen molar-refractivity contribution < 1.29 is 15.0 Å². The molecule has 1 aromatic rings. The molecular formula is C12H12BrNO3. The SMILES string of the molecule is N#Cc1ccc(CCCBr)c(C(O)C(=O)O)c1. The molecule has 0 aliphatic rings. The maximum atomic E-state index is 10.8. The van der Waals surface area contributed by atoms with Crippen molar-refractivity contribution in [3.05, 3.63) is 34.9 Å². The van der Waals surface area contributed by atoms with Crippen LogP contribution in [-0.2, 0) is 11.2 Å². The van der Waals surface area contributed by atoms with E-state index in [1.54, 1.807) is 12.1 Å². The largest absolute Gasteiger partial charge is 0.479 e. The summed E-state index contributed by atoms with van der Waals surface area (Å²) in [5.74, 6) is -1.31. The predicted molar refractivity (Wildman–Crippen MR) is 65.9 cm³/mol. The Hall–Kier alpha value is -1.38. The third kappa shape index (κ3) is 3.55. The quantitative estimate of drug-likeness (QED) is 0.815. The number of alkyl halides is 1. The Balaban J connectivity index is 3.12. The second-order valence-corrected chi connectivity index (χ2v) is 4.35. The number of aliphatic hydroxyl groups excluding tert-OH is 1. The van der Waals surface area contributed by atoms with Crippen LogP contribution in [-0.4, -0.2) is 21.5 Å². The van der Waals surface area contributed by atoms with E-state index in [2.05, 4.69) is 15.9 Å². The van der Waals surface area contributed by atoms with Gasteiger partial charge in [-0.3, -0.25) is 0 Å².